The van der Waals surface area contributed by atoms with Gasteiger partial charge in [-0.3, -0.25) is 15.0 Å². The average molecular weight is 239 g/mol. The van der Waals surface area contributed by atoms with Crippen LogP contribution in [-0.2, 0) is 4.79 Å². The van der Waals surface area contributed by atoms with Crippen molar-refractivity contribution in [1.82, 2.24) is 15.1 Å². The number of nitrogens with one attached hydrogen (secondary N) is 1. The van der Waals surface area contributed by atoms with E-state index in [0.717, 1.165) is 19.0 Å². The molecule has 0 spiro atoms. The van der Waals surface area contributed by atoms with Gasteiger partial charge in [-0.2, -0.15) is 0 Å². The number of hydrogen-bond acceptors (Lipinski definition) is 3. The highest BCUT2D eigenvalue weighted by atomic mass is 16.2. The van der Waals surface area contributed by atoms with E-state index in [0.29, 0.717) is 6.04 Å². The first-order valence-corrected chi connectivity index (χ1v) is 6.83. The maximum absolute atomic E-state index is 12.1. The van der Waals surface area contributed by atoms with Crippen molar-refractivity contribution in [3.63, 3.8) is 0 Å². The summed E-state index contributed by atoms with van der Waals surface area (Å²) in [5, 5.41) is 3.35. The highest BCUT2D eigenvalue weighted by molar-refractivity contribution is 5.84. The van der Waals surface area contributed by atoms with Crippen LogP contribution in [0.3, 0.4) is 0 Å². The van der Waals surface area contributed by atoms with Gasteiger partial charge in [0.2, 0.25) is 5.91 Å². The molecule has 1 N–H and O–H groups in total. The highest BCUT2D eigenvalue weighted by Gasteiger charge is 2.37. The highest BCUT2D eigenvalue weighted by Crippen LogP contribution is 2.27. The van der Waals surface area contributed by atoms with Crippen LogP contribution in [0.2, 0.25) is 0 Å². The molecule has 4 heteroatoms. The van der Waals surface area contributed by atoms with Gasteiger partial charge in [-0.05, 0) is 40.2 Å². The average Bonchev–Trinajstić information content (AvgIpc) is 3.10. The van der Waals surface area contributed by atoms with Gasteiger partial charge in [0.15, 0.2) is 0 Å². The molecule has 0 bridgehead atoms. The predicted molar refractivity (Wildman–Crippen MR) is 68.6 cm³/mol. The molecule has 2 fully saturated rings. The van der Waals surface area contributed by atoms with Gasteiger partial charge in [0.05, 0.1) is 12.2 Å². The van der Waals surface area contributed by atoms with Crippen molar-refractivity contribution in [2.75, 3.05) is 13.6 Å². The van der Waals surface area contributed by atoms with E-state index in [1.165, 1.54) is 12.8 Å². The standard InChI is InChI=1S/C13H25N3O/c1-5-12-13(17)16(10(3)14-12)8-9(2)15(4)11-6-7-11/h9-12,14H,5-8H2,1-4H3. The number of rotatable bonds is 5. The third kappa shape index (κ3) is 2.63. The van der Waals surface area contributed by atoms with Crippen LogP contribution in [0, 0.1) is 0 Å². The van der Waals surface area contributed by atoms with E-state index >= 15 is 0 Å². The van der Waals surface area contributed by atoms with Crippen LogP contribution in [0.25, 0.3) is 0 Å². The Morgan fingerprint density at radius 3 is 2.65 bits per heavy atom. The molecule has 1 saturated heterocycles. The third-order valence-electron chi connectivity index (χ3n) is 4.18. The quantitative estimate of drug-likeness (QED) is 0.778. The minimum Gasteiger partial charge on any atom is -0.325 e. The molecule has 0 aromatic heterocycles. The summed E-state index contributed by atoms with van der Waals surface area (Å²) in [5.41, 5.74) is 0. The van der Waals surface area contributed by atoms with E-state index < -0.39 is 0 Å². The second-order valence-electron chi connectivity index (χ2n) is 5.54. The molecule has 4 nitrogen and oxygen atoms in total. The van der Waals surface area contributed by atoms with Crippen molar-refractivity contribution >= 4 is 5.91 Å². The molecule has 1 saturated carbocycles. The fraction of sp³-hybridized carbons (Fsp3) is 0.923. The Labute approximate surface area is 104 Å². The van der Waals surface area contributed by atoms with Crippen LogP contribution in [0.5, 0.6) is 0 Å². The molecule has 1 amide bonds. The van der Waals surface area contributed by atoms with Crippen LogP contribution < -0.4 is 5.32 Å². The lowest BCUT2D eigenvalue weighted by Crippen LogP contribution is -2.45. The van der Waals surface area contributed by atoms with Crippen molar-refractivity contribution in [3.05, 3.63) is 0 Å². The Hall–Kier alpha value is -0.610. The Kier molecular flexibility index (Phi) is 3.73. The van der Waals surface area contributed by atoms with Gasteiger partial charge in [-0.1, -0.05) is 6.92 Å². The second-order valence-corrected chi connectivity index (χ2v) is 5.54. The summed E-state index contributed by atoms with van der Waals surface area (Å²) in [5.74, 6) is 0.274. The predicted octanol–water partition coefficient (Wildman–Crippen LogP) is 1.03. The van der Waals surface area contributed by atoms with Gasteiger partial charge in [-0.25, -0.2) is 0 Å². The number of nitrogens with zero attached hydrogens (tertiary/aromatic N) is 2. The van der Waals surface area contributed by atoms with Crippen molar-refractivity contribution in [2.45, 2.75) is 64.3 Å². The van der Waals surface area contributed by atoms with Crippen LogP contribution in [-0.4, -0.2) is 53.6 Å². The van der Waals surface area contributed by atoms with E-state index in [-0.39, 0.29) is 18.1 Å². The van der Waals surface area contributed by atoms with Gasteiger partial charge < -0.3 is 4.90 Å². The molecule has 17 heavy (non-hydrogen) atoms. The van der Waals surface area contributed by atoms with E-state index in [2.05, 4.69) is 38.0 Å². The van der Waals surface area contributed by atoms with Crippen molar-refractivity contribution < 1.29 is 4.79 Å². The first-order valence-electron chi connectivity index (χ1n) is 6.83. The number of likely N-dealkylation sites (N-methyl/N-ethyl adjacent to an activating group) is 1. The first-order chi connectivity index (χ1) is 8.04. The van der Waals surface area contributed by atoms with Crippen molar-refractivity contribution in [3.8, 4) is 0 Å². The normalized spacial score (nSPS) is 31.4. The van der Waals surface area contributed by atoms with E-state index in [1.807, 2.05) is 4.90 Å². The maximum Gasteiger partial charge on any atom is 0.241 e. The summed E-state index contributed by atoms with van der Waals surface area (Å²) < 4.78 is 0. The van der Waals surface area contributed by atoms with Crippen molar-refractivity contribution in [1.29, 1.82) is 0 Å². The zero-order valence-corrected chi connectivity index (χ0v) is 11.4. The summed E-state index contributed by atoms with van der Waals surface area (Å²) in [6, 6.07) is 1.24. The van der Waals surface area contributed by atoms with Gasteiger partial charge in [0, 0.05) is 18.6 Å². The Morgan fingerprint density at radius 2 is 2.18 bits per heavy atom. The smallest absolute Gasteiger partial charge is 0.241 e. The molecule has 98 valence electrons. The maximum atomic E-state index is 12.1. The number of carbonyl (C=O) groups excluding carboxylic acids is 1. The molecule has 0 aromatic carbocycles. The summed E-state index contributed by atoms with van der Waals surface area (Å²) in [6.45, 7) is 7.21. The summed E-state index contributed by atoms with van der Waals surface area (Å²) >= 11 is 0. The van der Waals surface area contributed by atoms with Gasteiger partial charge in [-0.15, -0.1) is 0 Å². The van der Waals surface area contributed by atoms with E-state index in [4.69, 9.17) is 0 Å². The second kappa shape index (κ2) is 4.94. The summed E-state index contributed by atoms with van der Waals surface area (Å²) in [7, 11) is 2.18. The third-order valence-corrected chi connectivity index (χ3v) is 4.18. The van der Waals surface area contributed by atoms with Crippen LogP contribution >= 0.6 is 0 Å². The molecule has 0 aromatic rings. The van der Waals surface area contributed by atoms with Crippen LogP contribution in [0.1, 0.15) is 40.0 Å². The Bertz CT molecular complexity index is 290. The monoisotopic (exact) mass is 239 g/mol. The fourth-order valence-electron chi connectivity index (χ4n) is 2.64. The molecule has 2 aliphatic rings. The van der Waals surface area contributed by atoms with Crippen LogP contribution in [0.4, 0.5) is 0 Å². The molecule has 3 atom stereocenters. The molecule has 0 radical (unpaired) electrons. The first kappa shape index (κ1) is 12.8. The molecule has 2 rings (SSSR count). The fourth-order valence-corrected chi connectivity index (χ4v) is 2.64. The SMILES string of the molecule is CCC1NC(C)N(CC(C)N(C)C2CC2)C1=O. The lowest BCUT2D eigenvalue weighted by molar-refractivity contribution is -0.130. The number of carbonyl (C=O) groups is 1. The zero-order chi connectivity index (χ0) is 12.6. The topological polar surface area (TPSA) is 35.6 Å². The summed E-state index contributed by atoms with van der Waals surface area (Å²) in [6.07, 6.45) is 3.70. The zero-order valence-electron chi connectivity index (χ0n) is 11.4. The van der Waals surface area contributed by atoms with Crippen LogP contribution in [0.15, 0.2) is 0 Å². The van der Waals surface area contributed by atoms with Crippen molar-refractivity contribution in [2.24, 2.45) is 0 Å². The summed E-state index contributed by atoms with van der Waals surface area (Å²) in [4.78, 5) is 16.5. The van der Waals surface area contributed by atoms with E-state index in [9.17, 15) is 4.79 Å². The number of hydrogen-bond donors (Lipinski definition) is 1. The minimum atomic E-state index is 0.0310. The molecular formula is C13H25N3O. The van der Waals surface area contributed by atoms with Gasteiger partial charge in [0.1, 0.15) is 0 Å². The van der Waals surface area contributed by atoms with Gasteiger partial charge >= 0.3 is 0 Å². The largest absolute Gasteiger partial charge is 0.325 e. The molecular weight excluding hydrogens is 214 g/mol. The molecule has 1 aliphatic heterocycles. The lowest BCUT2D eigenvalue weighted by atomic mass is 10.2. The Morgan fingerprint density at radius 1 is 1.53 bits per heavy atom. The number of amides is 1. The minimum absolute atomic E-state index is 0.0310. The molecule has 3 unspecified atom stereocenters. The molecule has 1 heterocycles. The Balaban J connectivity index is 1.91. The lowest BCUT2D eigenvalue weighted by Gasteiger charge is -2.30. The van der Waals surface area contributed by atoms with Gasteiger partial charge in [0.25, 0.3) is 0 Å². The van der Waals surface area contributed by atoms with E-state index in [1.54, 1.807) is 0 Å². The molecule has 1 aliphatic carbocycles.